The Hall–Kier alpha value is -4.68. The second-order valence-corrected chi connectivity index (χ2v) is 10.9. The Kier molecular flexibility index (Phi) is 6.20. The lowest BCUT2D eigenvalue weighted by molar-refractivity contribution is -0.125. The summed E-state index contributed by atoms with van der Waals surface area (Å²) in [6.07, 6.45) is 3.76. The van der Waals surface area contributed by atoms with Gasteiger partial charge in [-0.1, -0.05) is 30.7 Å². The molecule has 2 N–H and O–H groups in total. The minimum Gasteiger partial charge on any atom is -0.439 e. The first-order chi connectivity index (χ1) is 20.0. The maximum Gasteiger partial charge on any atom is 0.245 e. The van der Waals surface area contributed by atoms with Crippen molar-refractivity contribution < 1.29 is 14.3 Å². The molecule has 3 aliphatic rings. The molecule has 0 bridgehead atoms. The van der Waals surface area contributed by atoms with E-state index in [1.807, 2.05) is 54.3 Å². The van der Waals surface area contributed by atoms with Crippen LogP contribution in [0.25, 0.3) is 22.2 Å². The molecular formula is C32H30N6O3. The molecule has 1 saturated carbocycles. The van der Waals surface area contributed by atoms with E-state index < -0.39 is 0 Å². The second kappa shape index (κ2) is 10.1. The molecule has 0 spiro atoms. The fraction of sp³-hybridized carbons (Fsp3) is 0.312. The summed E-state index contributed by atoms with van der Waals surface area (Å²) in [4.78, 5) is 27.4. The quantitative estimate of drug-likeness (QED) is 0.292. The summed E-state index contributed by atoms with van der Waals surface area (Å²) >= 11 is 0. The highest BCUT2D eigenvalue weighted by atomic mass is 16.5. The summed E-state index contributed by atoms with van der Waals surface area (Å²) in [6, 6.07) is 13.7. The molecule has 4 atom stereocenters. The summed E-state index contributed by atoms with van der Waals surface area (Å²) in [7, 11) is 0. The Labute approximate surface area is 238 Å². The number of hydrogen-bond acceptors (Lipinski definition) is 7. The van der Waals surface area contributed by atoms with Crippen molar-refractivity contribution in [3.05, 3.63) is 72.8 Å². The van der Waals surface area contributed by atoms with Crippen LogP contribution in [-0.2, 0) is 9.53 Å². The standard InChI is InChI=1S/C32H30N6O3/c1-3-28(39)37-15-24-23(25(24)16-37)11-12-26-29(20-7-9-22(10-8-20)41-27-6-4-5-19(2)36-27)30-31(33)34-18-35-32(30)38(26)21-13-14-40-17-21/h3-10,18,21,23-25H,1,13-17H2,2H3,(H2,33,34,35)/t21?,23?,24-,25+. The Morgan fingerprint density at radius 3 is 2.68 bits per heavy atom. The monoisotopic (exact) mass is 546 g/mol. The maximum atomic E-state index is 12.1. The van der Waals surface area contributed by atoms with Crippen molar-refractivity contribution in [3.63, 3.8) is 0 Å². The molecule has 5 heterocycles. The number of aromatic nitrogens is 4. The SMILES string of the molecule is C=CC(=O)N1C[C@@H]2C(C#Cc3c(-c4ccc(Oc5cccc(C)n5)cc4)c4c(N)ncnc4n3C3CCOC3)[C@@H]2C1. The Morgan fingerprint density at radius 2 is 1.98 bits per heavy atom. The van der Waals surface area contributed by atoms with Crippen LogP contribution in [0.2, 0.25) is 0 Å². The predicted molar refractivity (Wildman–Crippen MR) is 155 cm³/mol. The van der Waals surface area contributed by atoms with Crippen LogP contribution in [0.3, 0.4) is 0 Å². The lowest BCUT2D eigenvalue weighted by Gasteiger charge is -2.16. The van der Waals surface area contributed by atoms with Crippen molar-refractivity contribution in [1.82, 2.24) is 24.4 Å². The first-order valence-electron chi connectivity index (χ1n) is 13.9. The van der Waals surface area contributed by atoms with Crippen LogP contribution in [0.1, 0.15) is 23.9 Å². The summed E-state index contributed by atoms with van der Waals surface area (Å²) in [6.45, 7) is 8.29. The number of piperidine rings is 1. The number of carbonyl (C=O) groups is 1. The average Bonchev–Trinajstić information content (AvgIpc) is 3.43. The zero-order valence-electron chi connectivity index (χ0n) is 22.8. The summed E-state index contributed by atoms with van der Waals surface area (Å²) < 4.78 is 14.0. The lowest BCUT2D eigenvalue weighted by Crippen LogP contribution is -2.29. The summed E-state index contributed by atoms with van der Waals surface area (Å²) in [5, 5.41) is 0.788. The molecule has 7 rings (SSSR count). The van der Waals surface area contributed by atoms with Gasteiger partial charge in [-0.05, 0) is 60.9 Å². The van der Waals surface area contributed by atoms with Gasteiger partial charge in [0, 0.05) is 42.9 Å². The van der Waals surface area contributed by atoms with E-state index in [2.05, 4.69) is 37.9 Å². The molecule has 3 fully saturated rings. The molecule has 206 valence electrons. The number of amides is 1. The average molecular weight is 547 g/mol. The smallest absolute Gasteiger partial charge is 0.245 e. The number of carbonyl (C=O) groups excluding carboxylic acids is 1. The number of ether oxygens (including phenoxy) is 2. The van der Waals surface area contributed by atoms with Crippen molar-refractivity contribution in [3.8, 4) is 34.6 Å². The van der Waals surface area contributed by atoms with Gasteiger partial charge in [-0.15, -0.1) is 0 Å². The van der Waals surface area contributed by atoms with Gasteiger partial charge in [-0.25, -0.2) is 15.0 Å². The third-order valence-corrected chi connectivity index (χ3v) is 8.35. The molecule has 2 saturated heterocycles. The molecule has 41 heavy (non-hydrogen) atoms. The molecule has 0 radical (unpaired) electrons. The first kappa shape index (κ1) is 25.3. The van der Waals surface area contributed by atoms with Crippen LogP contribution in [-0.4, -0.2) is 56.6 Å². The molecule has 1 amide bonds. The van der Waals surface area contributed by atoms with E-state index >= 15 is 0 Å². The molecule has 2 unspecified atom stereocenters. The van der Waals surface area contributed by atoms with Gasteiger partial charge in [0.05, 0.1) is 18.0 Å². The van der Waals surface area contributed by atoms with Crippen LogP contribution >= 0.6 is 0 Å². The van der Waals surface area contributed by atoms with Gasteiger partial charge in [0.25, 0.3) is 0 Å². The number of hydrogen-bond donors (Lipinski definition) is 1. The van der Waals surface area contributed by atoms with E-state index in [0.29, 0.717) is 42.5 Å². The Balaban J connectivity index is 1.29. The van der Waals surface area contributed by atoms with Crippen molar-refractivity contribution in [2.75, 3.05) is 32.0 Å². The minimum atomic E-state index is -0.00721. The maximum absolute atomic E-state index is 12.1. The number of benzene rings is 1. The highest BCUT2D eigenvalue weighted by molar-refractivity contribution is 6.03. The predicted octanol–water partition coefficient (Wildman–Crippen LogP) is 4.38. The fourth-order valence-corrected chi connectivity index (χ4v) is 6.23. The van der Waals surface area contributed by atoms with Gasteiger partial charge in [-0.3, -0.25) is 4.79 Å². The molecule has 1 aliphatic carbocycles. The number of anilines is 1. The van der Waals surface area contributed by atoms with E-state index in [1.54, 1.807) is 0 Å². The Morgan fingerprint density at radius 1 is 1.17 bits per heavy atom. The van der Waals surface area contributed by atoms with Gasteiger partial charge in [0.15, 0.2) is 0 Å². The van der Waals surface area contributed by atoms with Crippen molar-refractivity contribution in [2.24, 2.45) is 17.8 Å². The zero-order chi connectivity index (χ0) is 28.1. The first-order valence-corrected chi connectivity index (χ1v) is 13.9. The number of pyridine rings is 1. The highest BCUT2D eigenvalue weighted by Crippen LogP contribution is 2.51. The molecule has 1 aromatic carbocycles. The van der Waals surface area contributed by atoms with Crippen LogP contribution in [0.4, 0.5) is 5.82 Å². The van der Waals surface area contributed by atoms with Gasteiger partial charge >= 0.3 is 0 Å². The zero-order valence-corrected chi connectivity index (χ0v) is 22.8. The third-order valence-electron chi connectivity index (χ3n) is 8.35. The van der Waals surface area contributed by atoms with E-state index in [4.69, 9.17) is 15.2 Å². The lowest BCUT2D eigenvalue weighted by atomic mass is 10.0. The molecule has 4 aromatic rings. The van der Waals surface area contributed by atoms with E-state index in [-0.39, 0.29) is 17.9 Å². The van der Waals surface area contributed by atoms with E-state index in [0.717, 1.165) is 53.1 Å². The van der Waals surface area contributed by atoms with E-state index in [1.165, 1.54) is 12.4 Å². The van der Waals surface area contributed by atoms with Crippen LogP contribution in [0.15, 0.2) is 61.4 Å². The van der Waals surface area contributed by atoms with Crippen molar-refractivity contribution in [1.29, 1.82) is 0 Å². The second-order valence-electron chi connectivity index (χ2n) is 10.9. The minimum absolute atomic E-state index is 0.00721. The van der Waals surface area contributed by atoms with Gasteiger partial charge in [-0.2, -0.15) is 0 Å². The number of nitrogen functional groups attached to an aromatic ring is 1. The van der Waals surface area contributed by atoms with Gasteiger partial charge in [0.2, 0.25) is 11.8 Å². The number of nitrogens with zero attached hydrogens (tertiary/aromatic N) is 5. The van der Waals surface area contributed by atoms with Crippen molar-refractivity contribution >= 4 is 22.8 Å². The molecule has 9 nitrogen and oxygen atoms in total. The topological polar surface area (TPSA) is 108 Å². The molecule has 2 aliphatic heterocycles. The van der Waals surface area contributed by atoms with Crippen LogP contribution in [0, 0.1) is 36.5 Å². The summed E-state index contributed by atoms with van der Waals surface area (Å²) in [5.41, 5.74) is 10.9. The van der Waals surface area contributed by atoms with E-state index in [9.17, 15) is 4.79 Å². The van der Waals surface area contributed by atoms with Gasteiger partial charge < -0.3 is 24.7 Å². The third kappa shape index (κ3) is 4.50. The Bertz CT molecular complexity index is 1720. The largest absolute Gasteiger partial charge is 0.439 e. The number of likely N-dealkylation sites (tertiary alicyclic amines) is 1. The molecule has 9 heteroatoms. The highest BCUT2D eigenvalue weighted by Gasteiger charge is 2.55. The van der Waals surface area contributed by atoms with Crippen molar-refractivity contribution in [2.45, 2.75) is 19.4 Å². The summed E-state index contributed by atoms with van der Waals surface area (Å²) in [5.74, 6) is 9.80. The number of nitrogens with two attached hydrogens (primary N) is 1. The van der Waals surface area contributed by atoms with Crippen LogP contribution < -0.4 is 10.5 Å². The van der Waals surface area contributed by atoms with Crippen LogP contribution in [0.5, 0.6) is 11.6 Å². The normalized spacial score (nSPS) is 22.7. The van der Waals surface area contributed by atoms with Gasteiger partial charge in [0.1, 0.15) is 29.2 Å². The fourth-order valence-electron chi connectivity index (χ4n) is 6.23. The molecule has 3 aromatic heterocycles. The molecular weight excluding hydrogens is 516 g/mol. The number of fused-ring (bicyclic) bond motifs is 2. The number of rotatable bonds is 5. The number of aryl methyl sites for hydroxylation is 1.